The van der Waals surface area contributed by atoms with Gasteiger partial charge in [0.1, 0.15) is 5.60 Å². The Bertz CT molecular complexity index is 159. The van der Waals surface area contributed by atoms with Gasteiger partial charge < -0.3 is 4.74 Å². The molecule has 1 radical (unpaired) electrons. The van der Waals surface area contributed by atoms with Crippen molar-refractivity contribution in [3.63, 3.8) is 0 Å². The highest BCUT2D eigenvalue weighted by Gasteiger charge is 2.34. The van der Waals surface area contributed by atoms with Crippen molar-refractivity contribution in [1.29, 1.82) is 0 Å². The number of hydrogen-bond donors (Lipinski definition) is 0. The summed E-state index contributed by atoms with van der Waals surface area (Å²) in [7, 11) is 0. The van der Waals surface area contributed by atoms with E-state index in [9.17, 15) is 9.90 Å². The van der Waals surface area contributed by atoms with Gasteiger partial charge in [-0.05, 0) is 32.1 Å². The first-order chi connectivity index (χ1) is 5.68. The second kappa shape index (κ2) is 3.78. The molecule has 0 unspecified atom stereocenters. The lowest BCUT2D eigenvalue weighted by Crippen LogP contribution is -2.35. The van der Waals surface area contributed by atoms with E-state index >= 15 is 0 Å². The van der Waals surface area contributed by atoms with Crippen molar-refractivity contribution in [2.24, 2.45) is 0 Å². The van der Waals surface area contributed by atoms with E-state index in [1.807, 2.05) is 6.92 Å². The number of ether oxygens (including phenoxy) is 1. The number of hydrogen-bond acceptors (Lipinski definition) is 2. The highest BCUT2D eigenvalue weighted by molar-refractivity contribution is 5.57. The van der Waals surface area contributed by atoms with Crippen LogP contribution in [0.5, 0.6) is 0 Å². The van der Waals surface area contributed by atoms with Gasteiger partial charge in [0.05, 0.1) is 0 Å². The van der Waals surface area contributed by atoms with Crippen LogP contribution in [0.15, 0.2) is 0 Å². The first-order valence-electron chi connectivity index (χ1n) is 4.58. The minimum Gasteiger partial charge on any atom is -0.425 e. The first-order valence-corrected chi connectivity index (χ1v) is 4.58. The van der Waals surface area contributed by atoms with E-state index in [4.69, 9.17) is 4.74 Å². The van der Waals surface area contributed by atoms with Crippen LogP contribution < -0.4 is 0 Å². The van der Waals surface area contributed by atoms with Crippen molar-refractivity contribution < 1.29 is 14.6 Å². The van der Waals surface area contributed by atoms with Crippen LogP contribution in [0, 0.1) is 0 Å². The third-order valence-corrected chi connectivity index (χ3v) is 2.71. The maximum atomic E-state index is 10.3. The second-order valence-corrected chi connectivity index (χ2v) is 3.45. The molecule has 0 aliphatic heterocycles. The SMILES string of the molecule is CCC1(OC([O])=O)CCCCC1. The fourth-order valence-electron chi connectivity index (χ4n) is 1.90. The van der Waals surface area contributed by atoms with Gasteiger partial charge in [-0.1, -0.05) is 13.3 Å². The molecule has 0 spiro atoms. The molecule has 0 amide bonds. The minimum absolute atomic E-state index is 0.420. The average molecular weight is 171 g/mol. The maximum absolute atomic E-state index is 10.3. The molecule has 0 N–H and O–H groups in total. The van der Waals surface area contributed by atoms with Crippen LogP contribution in [0.4, 0.5) is 4.79 Å². The maximum Gasteiger partial charge on any atom is 0.550 e. The highest BCUT2D eigenvalue weighted by Crippen LogP contribution is 2.34. The summed E-state index contributed by atoms with van der Waals surface area (Å²) in [6.45, 7) is 1.97. The smallest absolute Gasteiger partial charge is 0.425 e. The Morgan fingerprint density at radius 2 is 1.92 bits per heavy atom. The van der Waals surface area contributed by atoms with Gasteiger partial charge in [-0.3, -0.25) is 0 Å². The van der Waals surface area contributed by atoms with E-state index in [-0.39, 0.29) is 0 Å². The normalized spacial score (nSPS) is 21.8. The largest absolute Gasteiger partial charge is 0.550 e. The topological polar surface area (TPSA) is 46.2 Å². The van der Waals surface area contributed by atoms with Gasteiger partial charge in [0.15, 0.2) is 0 Å². The molecule has 3 heteroatoms. The molecule has 0 aromatic rings. The average Bonchev–Trinajstić information content (AvgIpc) is 2.05. The Labute approximate surface area is 72.7 Å². The monoisotopic (exact) mass is 171 g/mol. The third kappa shape index (κ3) is 2.13. The molecule has 0 bridgehead atoms. The molecule has 1 saturated carbocycles. The molecule has 1 rings (SSSR count). The molecule has 0 heterocycles. The lowest BCUT2D eigenvalue weighted by Gasteiger charge is -2.34. The van der Waals surface area contributed by atoms with Crippen LogP contribution in [0.25, 0.3) is 0 Å². The number of carbonyl (C=O) groups excluding carboxylic acids is 1. The standard InChI is InChI=1S/C9H15O3/c1-2-9(12-8(10)11)6-4-3-5-7-9/h2-7H2,1H3. The van der Waals surface area contributed by atoms with E-state index in [1.54, 1.807) is 0 Å². The van der Waals surface area contributed by atoms with Crippen molar-refractivity contribution in [3.8, 4) is 0 Å². The quantitative estimate of drug-likeness (QED) is 0.599. The minimum atomic E-state index is -1.38. The predicted octanol–water partition coefficient (Wildman–Crippen LogP) is 2.67. The lowest BCUT2D eigenvalue weighted by atomic mass is 9.83. The van der Waals surface area contributed by atoms with E-state index in [0.29, 0.717) is 0 Å². The summed E-state index contributed by atoms with van der Waals surface area (Å²) in [6, 6.07) is 0. The molecular weight excluding hydrogens is 156 g/mol. The molecule has 0 aromatic heterocycles. The zero-order valence-electron chi connectivity index (χ0n) is 7.47. The molecule has 12 heavy (non-hydrogen) atoms. The lowest BCUT2D eigenvalue weighted by molar-refractivity contribution is -0.0542. The van der Waals surface area contributed by atoms with Gasteiger partial charge >= 0.3 is 6.16 Å². The summed E-state index contributed by atoms with van der Waals surface area (Å²) in [5, 5.41) is 10.3. The Kier molecular flexibility index (Phi) is 2.95. The summed E-state index contributed by atoms with van der Waals surface area (Å²) < 4.78 is 4.83. The van der Waals surface area contributed by atoms with Crippen LogP contribution in [0.2, 0.25) is 0 Å². The van der Waals surface area contributed by atoms with Crippen molar-refractivity contribution in [2.75, 3.05) is 0 Å². The zero-order chi connectivity index (χ0) is 9.03. The van der Waals surface area contributed by atoms with E-state index in [0.717, 1.165) is 32.1 Å². The van der Waals surface area contributed by atoms with Crippen LogP contribution >= 0.6 is 0 Å². The van der Waals surface area contributed by atoms with Gasteiger partial charge in [-0.2, -0.15) is 9.90 Å². The summed E-state index contributed by atoms with van der Waals surface area (Å²) >= 11 is 0. The van der Waals surface area contributed by atoms with Crippen LogP contribution in [0.1, 0.15) is 45.4 Å². The zero-order valence-corrected chi connectivity index (χ0v) is 7.47. The van der Waals surface area contributed by atoms with Crippen LogP contribution in [-0.2, 0) is 9.84 Å². The summed E-state index contributed by atoms with van der Waals surface area (Å²) in [5.41, 5.74) is -0.420. The fraction of sp³-hybridized carbons (Fsp3) is 0.889. The van der Waals surface area contributed by atoms with Crippen molar-refractivity contribution >= 4 is 6.16 Å². The second-order valence-electron chi connectivity index (χ2n) is 3.45. The summed E-state index contributed by atoms with van der Waals surface area (Å²) in [5.74, 6) is 0. The summed E-state index contributed by atoms with van der Waals surface area (Å²) in [6.07, 6.45) is 4.44. The number of rotatable bonds is 2. The van der Waals surface area contributed by atoms with E-state index < -0.39 is 11.8 Å². The predicted molar refractivity (Wildman–Crippen MR) is 43.3 cm³/mol. The van der Waals surface area contributed by atoms with Crippen LogP contribution in [-0.4, -0.2) is 11.8 Å². The molecule has 1 aliphatic rings. The van der Waals surface area contributed by atoms with Gasteiger partial charge in [0, 0.05) is 0 Å². The van der Waals surface area contributed by atoms with E-state index in [1.165, 1.54) is 6.42 Å². The Hall–Kier alpha value is -0.730. The molecule has 0 aromatic carbocycles. The van der Waals surface area contributed by atoms with Gasteiger partial charge in [-0.15, -0.1) is 0 Å². The molecule has 1 fully saturated rings. The van der Waals surface area contributed by atoms with Crippen LogP contribution in [0.3, 0.4) is 0 Å². The Morgan fingerprint density at radius 1 is 1.33 bits per heavy atom. The van der Waals surface area contributed by atoms with E-state index in [2.05, 4.69) is 0 Å². The van der Waals surface area contributed by atoms with Crippen molar-refractivity contribution in [1.82, 2.24) is 0 Å². The number of carbonyl (C=O) groups is 1. The Morgan fingerprint density at radius 3 is 2.33 bits per heavy atom. The molecule has 0 atom stereocenters. The first kappa shape index (κ1) is 9.36. The molecule has 69 valence electrons. The van der Waals surface area contributed by atoms with Gasteiger partial charge in [0.25, 0.3) is 0 Å². The van der Waals surface area contributed by atoms with Crippen molar-refractivity contribution in [3.05, 3.63) is 0 Å². The molecule has 0 saturated heterocycles. The molecule has 1 aliphatic carbocycles. The fourth-order valence-corrected chi connectivity index (χ4v) is 1.90. The van der Waals surface area contributed by atoms with Gasteiger partial charge in [-0.25, -0.2) is 0 Å². The molecule has 3 nitrogen and oxygen atoms in total. The third-order valence-electron chi connectivity index (χ3n) is 2.71. The van der Waals surface area contributed by atoms with Gasteiger partial charge in [0.2, 0.25) is 0 Å². The van der Waals surface area contributed by atoms with Crippen molar-refractivity contribution in [2.45, 2.75) is 51.0 Å². The Balaban J connectivity index is 2.53. The molecular formula is C9H15O3. The summed E-state index contributed by atoms with van der Waals surface area (Å²) in [4.78, 5) is 10.3. The highest BCUT2D eigenvalue weighted by atomic mass is 16.7.